The minimum absolute atomic E-state index is 0.0104. The third kappa shape index (κ3) is 5.31. The Morgan fingerprint density at radius 2 is 1.53 bits per heavy atom. The summed E-state index contributed by atoms with van der Waals surface area (Å²) in [6.07, 6.45) is 3.74. The molecule has 0 N–H and O–H groups in total. The predicted octanol–water partition coefficient (Wildman–Crippen LogP) is 9.65. The molecule has 6 aromatic rings. The lowest BCUT2D eigenvalue weighted by Gasteiger charge is -2.22. The molecular formula is C39H39N5O. The lowest BCUT2D eigenvalue weighted by Crippen LogP contribution is -2.24. The monoisotopic (exact) mass is 593 g/mol. The summed E-state index contributed by atoms with van der Waals surface area (Å²) in [5.74, 6) is 2.32. The number of anilines is 3. The summed E-state index contributed by atoms with van der Waals surface area (Å²) in [7, 11) is 2.14. The number of ether oxygens (including phenoxy) is 1. The van der Waals surface area contributed by atoms with Crippen molar-refractivity contribution in [1.29, 1.82) is 0 Å². The molecule has 0 amide bonds. The van der Waals surface area contributed by atoms with Gasteiger partial charge < -0.3 is 14.5 Å². The molecule has 0 unspecified atom stereocenters. The van der Waals surface area contributed by atoms with Crippen LogP contribution in [0.2, 0.25) is 0 Å². The largest absolute Gasteiger partial charge is 0.457 e. The Morgan fingerprint density at radius 1 is 0.778 bits per heavy atom. The molecule has 1 aliphatic heterocycles. The highest BCUT2D eigenvalue weighted by Crippen LogP contribution is 2.43. The van der Waals surface area contributed by atoms with Crippen LogP contribution in [0.3, 0.4) is 0 Å². The summed E-state index contributed by atoms with van der Waals surface area (Å²) in [5, 5.41) is 5.73. The number of hydrogen-bond acceptors (Lipinski definition) is 5. The Hall–Kier alpha value is -5.10. The molecule has 0 bridgehead atoms. The minimum atomic E-state index is 0.0104. The van der Waals surface area contributed by atoms with Crippen LogP contribution in [0.15, 0.2) is 97.3 Å². The molecule has 0 saturated carbocycles. The average molecular weight is 594 g/mol. The van der Waals surface area contributed by atoms with Crippen molar-refractivity contribution in [3.05, 3.63) is 120 Å². The van der Waals surface area contributed by atoms with Crippen molar-refractivity contribution >= 4 is 28.0 Å². The topological polar surface area (TPSA) is 46.4 Å². The van der Waals surface area contributed by atoms with Crippen molar-refractivity contribution in [3.63, 3.8) is 0 Å². The smallest absolute Gasteiger partial charge is 0.154 e. The van der Waals surface area contributed by atoms with Crippen molar-refractivity contribution in [2.24, 2.45) is 0 Å². The van der Waals surface area contributed by atoms with E-state index >= 15 is 0 Å². The molecule has 0 radical (unpaired) electrons. The first-order chi connectivity index (χ1) is 21.5. The molecule has 1 aliphatic rings. The van der Waals surface area contributed by atoms with Gasteiger partial charge in [-0.15, -0.1) is 0 Å². The quantitative estimate of drug-likeness (QED) is 0.199. The van der Waals surface area contributed by atoms with Gasteiger partial charge in [-0.3, -0.25) is 0 Å². The van der Waals surface area contributed by atoms with E-state index < -0.39 is 0 Å². The Kier molecular flexibility index (Phi) is 6.88. The van der Waals surface area contributed by atoms with Crippen molar-refractivity contribution in [2.75, 3.05) is 23.5 Å². The van der Waals surface area contributed by atoms with Gasteiger partial charge in [-0.05, 0) is 103 Å². The van der Waals surface area contributed by atoms with E-state index in [1.54, 1.807) is 0 Å². The lowest BCUT2D eigenvalue weighted by atomic mass is 9.88. The molecule has 0 fully saturated rings. The van der Waals surface area contributed by atoms with Crippen LogP contribution >= 0.6 is 0 Å². The van der Waals surface area contributed by atoms with Crippen LogP contribution in [-0.2, 0) is 5.41 Å². The second-order valence-electron chi connectivity index (χ2n) is 13.3. The van der Waals surface area contributed by atoms with E-state index in [-0.39, 0.29) is 5.41 Å². The van der Waals surface area contributed by atoms with E-state index in [2.05, 4.69) is 142 Å². The van der Waals surface area contributed by atoms with Gasteiger partial charge >= 0.3 is 0 Å². The molecule has 4 aromatic carbocycles. The van der Waals surface area contributed by atoms with E-state index in [0.29, 0.717) is 0 Å². The first-order valence-electron chi connectivity index (χ1n) is 15.5. The SMILES string of the molecule is Cc1cc(C)c(-c2cc(Oc3ccc4cnn(-c5cc(C(C)(C)C)ccn5)c4c3)cc(N3CN(C)c4ccccc43)c2)c(C)c1. The maximum Gasteiger partial charge on any atom is 0.154 e. The van der Waals surface area contributed by atoms with Gasteiger partial charge in [-0.2, -0.15) is 5.10 Å². The zero-order valence-corrected chi connectivity index (χ0v) is 27.1. The third-order valence-electron chi connectivity index (χ3n) is 8.71. The molecule has 6 nitrogen and oxygen atoms in total. The van der Waals surface area contributed by atoms with E-state index in [4.69, 9.17) is 9.84 Å². The summed E-state index contributed by atoms with van der Waals surface area (Å²) in [4.78, 5) is 9.30. The Labute approximate surface area is 265 Å². The molecule has 3 heterocycles. The lowest BCUT2D eigenvalue weighted by molar-refractivity contribution is 0.483. The fourth-order valence-electron chi connectivity index (χ4n) is 6.56. The molecule has 6 heteroatoms. The van der Waals surface area contributed by atoms with Crippen LogP contribution in [0.4, 0.5) is 17.1 Å². The van der Waals surface area contributed by atoms with E-state index in [1.165, 1.54) is 39.2 Å². The summed E-state index contributed by atoms with van der Waals surface area (Å²) < 4.78 is 8.60. The van der Waals surface area contributed by atoms with Gasteiger partial charge in [0.05, 0.1) is 29.8 Å². The molecule has 226 valence electrons. The standard InChI is InChI=1S/C39H39N5O/c1-25-16-26(2)38(27(3)17-25)29-18-31(43-24-42(7)34-10-8-9-11-35(34)43)21-33(19-29)45-32-13-12-28-23-41-44(36(28)22-32)37-20-30(14-15-40-37)39(4,5)6/h8-23H,24H2,1-7H3. The van der Waals surface area contributed by atoms with Crippen molar-refractivity contribution < 1.29 is 4.74 Å². The molecule has 0 atom stereocenters. The van der Waals surface area contributed by atoms with Crippen LogP contribution in [0.5, 0.6) is 11.5 Å². The number of benzene rings is 4. The molecular weight excluding hydrogens is 554 g/mol. The number of nitrogens with zero attached hydrogens (tertiary/aromatic N) is 5. The van der Waals surface area contributed by atoms with Gasteiger partial charge in [0, 0.05) is 36.5 Å². The highest BCUT2D eigenvalue weighted by atomic mass is 16.5. The van der Waals surface area contributed by atoms with Crippen molar-refractivity contribution in [1.82, 2.24) is 14.8 Å². The third-order valence-corrected chi connectivity index (χ3v) is 8.71. The highest BCUT2D eigenvalue weighted by molar-refractivity contribution is 5.85. The molecule has 0 saturated heterocycles. The fourth-order valence-corrected chi connectivity index (χ4v) is 6.56. The number of para-hydroxylation sites is 2. The molecule has 45 heavy (non-hydrogen) atoms. The van der Waals surface area contributed by atoms with Gasteiger partial charge in [-0.25, -0.2) is 9.67 Å². The Bertz CT molecular complexity index is 2050. The summed E-state index contributed by atoms with van der Waals surface area (Å²) in [6.45, 7) is 13.9. The van der Waals surface area contributed by atoms with Crippen LogP contribution in [0.1, 0.15) is 43.0 Å². The molecule has 0 spiro atoms. The minimum Gasteiger partial charge on any atom is -0.457 e. The van der Waals surface area contributed by atoms with Crippen molar-refractivity contribution in [2.45, 2.75) is 47.0 Å². The van der Waals surface area contributed by atoms with Crippen LogP contribution < -0.4 is 14.5 Å². The normalized spacial score (nSPS) is 13.0. The van der Waals surface area contributed by atoms with Gasteiger partial charge in [0.25, 0.3) is 0 Å². The van der Waals surface area contributed by atoms with Crippen LogP contribution in [0.25, 0.3) is 27.8 Å². The zero-order chi connectivity index (χ0) is 31.5. The molecule has 2 aromatic heterocycles. The maximum absolute atomic E-state index is 6.70. The Morgan fingerprint density at radius 3 is 2.29 bits per heavy atom. The first kappa shape index (κ1) is 28.7. The van der Waals surface area contributed by atoms with Crippen LogP contribution in [-0.4, -0.2) is 28.5 Å². The fraction of sp³-hybridized carbons (Fsp3) is 0.231. The van der Waals surface area contributed by atoms with Crippen LogP contribution in [0, 0.1) is 20.8 Å². The summed E-state index contributed by atoms with van der Waals surface area (Å²) in [5.41, 5.74) is 11.8. The van der Waals surface area contributed by atoms with E-state index in [1.807, 2.05) is 23.1 Å². The van der Waals surface area contributed by atoms with E-state index in [0.717, 1.165) is 46.1 Å². The number of aromatic nitrogens is 3. The number of rotatable bonds is 5. The zero-order valence-electron chi connectivity index (χ0n) is 27.1. The second-order valence-corrected chi connectivity index (χ2v) is 13.3. The highest BCUT2D eigenvalue weighted by Gasteiger charge is 2.25. The number of hydrogen-bond donors (Lipinski definition) is 0. The predicted molar refractivity (Wildman–Crippen MR) is 186 cm³/mol. The number of pyridine rings is 1. The van der Waals surface area contributed by atoms with Crippen molar-refractivity contribution in [3.8, 4) is 28.4 Å². The van der Waals surface area contributed by atoms with Gasteiger partial charge in [0.1, 0.15) is 11.5 Å². The maximum atomic E-state index is 6.70. The van der Waals surface area contributed by atoms with Gasteiger partial charge in [0.15, 0.2) is 5.82 Å². The second kappa shape index (κ2) is 10.8. The molecule has 7 rings (SSSR count). The summed E-state index contributed by atoms with van der Waals surface area (Å²) >= 11 is 0. The number of aryl methyl sites for hydroxylation is 3. The molecule has 0 aliphatic carbocycles. The van der Waals surface area contributed by atoms with Gasteiger partial charge in [-0.1, -0.05) is 50.6 Å². The van der Waals surface area contributed by atoms with E-state index in [9.17, 15) is 0 Å². The first-order valence-corrected chi connectivity index (χ1v) is 15.5. The summed E-state index contributed by atoms with van der Waals surface area (Å²) in [6, 6.07) is 30.0. The number of fused-ring (bicyclic) bond motifs is 2. The average Bonchev–Trinajstić information content (AvgIpc) is 3.57. The Balaban J connectivity index is 1.32. The van der Waals surface area contributed by atoms with Gasteiger partial charge in [0.2, 0.25) is 0 Å².